The van der Waals surface area contributed by atoms with Crippen LogP contribution in [0.5, 0.6) is 11.5 Å². The van der Waals surface area contributed by atoms with Crippen LogP contribution in [0.25, 0.3) is 5.76 Å². The summed E-state index contributed by atoms with van der Waals surface area (Å²) in [4.78, 5) is 33.8. The Kier molecular flexibility index (Phi) is 6.96. The lowest BCUT2D eigenvalue weighted by Crippen LogP contribution is -2.42. The van der Waals surface area contributed by atoms with Gasteiger partial charge in [-0.15, -0.1) is 0 Å². The van der Waals surface area contributed by atoms with Gasteiger partial charge >= 0.3 is 0 Å². The third-order valence-electron chi connectivity index (χ3n) is 5.84. The molecule has 33 heavy (non-hydrogen) atoms. The Hall–Kier alpha value is -2.95. The predicted octanol–water partition coefficient (Wildman–Crippen LogP) is 2.31. The average Bonchev–Trinajstić information content (AvgIpc) is 3.10. The first-order chi connectivity index (χ1) is 15.9. The molecule has 10 heteroatoms. The zero-order valence-electron chi connectivity index (χ0n) is 18.0. The number of rotatable bonds is 6. The Balaban J connectivity index is 1.79. The molecule has 1 unspecified atom stereocenters. The fourth-order valence-electron chi connectivity index (χ4n) is 4.10. The minimum Gasteiger partial charge on any atom is -0.507 e. The highest BCUT2D eigenvalue weighted by atomic mass is 79.9. The van der Waals surface area contributed by atoms with Crippen LogP contribution in [-0.4, -0.2) is 83.2 Å². The number of phenolic OH excluding ortho intramolecular Hbond substituents is 1. The van der Waals surface area contributed by atoms with Gasteiger partial charge in [-0.05, 0) is 45.8 Å². The molecule has 2 aromatic rings. The Morgan fingerprint density at radius 3 is 2.58 bits per heavy atom. The zero-order valence-corrected chi connectivity index (χ0v) is 19.6. The van der Waals surface area contributed by atoms with E-state index in [0.717, 1.165) is 13.1 Å². The number of benzene rings is 1. The highest BCUT2D eigenvalue weighted by Gasteiger charge is 2.46. The van der Waals surface area contributed by atoms with Crippen molar-refractivity contribution in [2.24, 2.45) is 0 Å². The molecule has 1 aromatic carbocycles. The maximum Gasteiger partial charge on any atom is 0.295 e. The lowest BCUT2D eigenvalue weighted by molar-refractivity contribution is -0.140. The maximum absolute atomic E-state index is 13.1. The molecule has 1 aromatic heterocycles. The first-order valence-electron chi connectivity index (χ1n) is 10.5. The fourth-order valence-corrected chi connectivity index (χ4v) is 4.56. The Morgan fingerprint density at radius 2 is 1.91 bits per heavy atom. The van der Waals surface area contributed by atoms with Crippen molar-refractivity contribution in [1.29, 1.82) is 0 Å². The molecule has 0 radical (unpaired) electrons. The summed E-state index contributed by atoms with van der Waals surface area (Å²) in [6, 6.07) is 5.47. The summed E-state index contributed by atoms with van der Waals surface area (Å²) in [5.41, 5.74) is 0.882. The fraction of sp³-hybridized carbons (Fsp3) is 0.348. The third-order valence-corrected chi connectivity index (χ3v) is 6.45. The first kappa shape index (κ1) is 23.2. The smallest absolute Gasteiger partial charge is 0.295 e. The minimum absolute atomic E-state index is 0.0205. The number of morpholine rings is 1. The van der Waals surface area contributed by atoms with Crippen LogP contribution in [-0.2, 0) is 14.3 Å². The topological polar surface area (TPSA) is 112 Å². The quantitative estimate of drug-likeness (QED) is 0.341. The van der Waals surface area contributed by atoms with Crippen molar-refractivity contribution in [2.75, 3.05) is 46.5 Å². The van der Waals surface area contributed by atoms with Crippen molar-refractivity contribution in [1.82, 2.24) is 14.8 Å². The van der Waals surface area contributed by atoms with Crippen LogP contribution in [0, 0.1) is 0 Å². The second-order valence-electron chi connectivity index (χ2n) is 7.74. The number of nitrogens with zero attached hydrogens (tertiary/aromatic N) is 3. The molecule has 0 spiro atoms. The first-order valence-corrected chi connectivity index (χ1v) is 11.3. The molecule has 2 saturated heterocycles. The van der Waals surface area contributed by atoms with E-state index < -0.39 is 17.7 Å². The van der Waals surface area contributed by atoms with E-state index in [1.54, 1.807) is 24.3 Å². The van der Waals surface area contributed by atoms with Gasteiger partial charge in [0.15, 0.2) is 11.5 Å². The van der Waals surface area contributed by atoms with Crippen molar-refractivity contribution >= 4 is 33.4 Å². The number of amides is 1. The van der Waals surface area contributed by atoms with Gasteiger partial charge in [0, 0.05) is 44.1 Å². The van der Waals surface area contributed by atoms with Crippen molar-refractivity contribution in [3.63, 3.8) is 0 Å². The standard InChI is InChI=1S/C23H24BrN3O6/c1-32-17-13-15(12-16(24)21(17)29)19-18(20(28)14-2-4-25-5-3-14)22(30)23(31)27(19)7-6-26-8-10-33-11-9-26/h2-5,12-13,19,28-29H,6-11H2,1H3. The van der Waals surface area contributed by atoms with Gasteiger partial charge < -0.3 is 24.6 Å². The molecule has 3 heterocycles. The number of aromatic hydroxyl groups is 1. The summed E-state index contributed by atoms with van der Waals surface area (Å²) in [5, 5.41) is 21.3. The van der Waals surface area contributed by atoms with E-state index >= 15 is 0 Å². The number of carbonyl (C=O) groups excluding carboxylic acids is 2. The number of aliphatic hydroxyl groups excluding tert-OH is 1. The van der Waals surface area contributed by atoms with Crippen LogP contribution in [0.1, 0.15) is 17.2 Å². The average molecular weight is 518 g/mol. The Labute approximate surface area is 199 Å². The van der Waals surface area contributed by atoms with Gasteiger partial charge in [0.25, 0.3) is 11.7 Å². The van der Waals surface area contributed by atoms with Crippen LogP contribution in [0.4, 0.5) is 0 Å². The number of pyridine rings is 1. The van der Waals surface area contributed by atoms with Gasteiger partial charge in [0.2, 0.25) is 0 Å². The van der Waals surface area contributed by atoms with Crippen LogP contribution in [0.3, 0.4) is 0 Å². The van der Waals surface area contributed by atoms with E-state index in [1.807, 2.05) is 0 Å². The third kappa shape index (κ3) is 4.59. The Morgan fingerprint density at radius 1 is 1.21 bits per heavy atom. The number of ether oxygens (including phenoxy) is 2. The van der Waals surface area contributed by atoms with Gasteiger partial charge in [-0.25, -0.2) is 0 Å². The molecule has 4 rings (SSSR count). The summed E-state index contributed by atoms with van der Waals surface area (Å²) in [6.45, 7) is 3.55. The number of Topliss-reactive ketones (excluding diaryl/α,β-unsaturated/α-hetero) is 1. The molecule has 2 aliphatic rings. The molecule has 174 valence electrons. The number of hydrogen-bond donors (Lipinski definition) is 2. The Bertz CT molecular complexity index is 1090. The van der Waals surface area contributed by atoms with Crippen molar-refractivity contribution in [3.05, 3.63) is 57.8 Å². The van der Waals surface area contributed by atoms with Gasteiger partial charge in [0.1, 0.15) is 5.76 Å². The van der Waals surface area contributed by atoms with E-state index in [2.05, 4.69) is 25.8 Å². The molecule has 0 saturated carbocycles. The van der Waals surface area contributed by atoms with Crippen molar-refractivity contribution in [2.45, 2.75) is 6.04 Å². The summed E-state index contributed by atoms with van der Waals surface area (Å²) in [6.07, 6.45) is 3.00. The molecular formula is C23H24BrN3O6. The van der Waals surface area contributed by atoms with Crippen LogP contribution >= 0.6 is 15.9 Å². The molecule has 2 aliphatic heterocycles. The summed E-state index contributed by atoms with van der Waals surface area (Å²) in [7, 11) is 1.41. The van der Waals surface area contributed by atoms with Crippen LogP contribution < -0.4 is 4.74 Å². The summed E-state index contributed by atoms with van der Waals surface area (Å²) < 4.78 is 11.0. The highest BCUT2D eigenvalue weighted by molar-refractivity contribution is 9.10. The van der Waals surface area contributed by atoms with E-state index in [-0.39, 0.29) is 29.4 Å². The van der Waals surface area contributed by atoms with Gasteiger partial charge in [-0.3, -0.25) is 19.5 Å². The maximum atomic E-state index is 13.1. The van der Waals surface area contributed by atoms with E-state index in [9.17, 15) is 19.8 Å². The van der Waals surface area contributed by atoms with Crippen molar-refractivity contribution in [3.8, 4) is 11.5 Å². The molecule has 1 amide bonds. The number of carbonyl (C=O) groups is 2. The molecule has 2 N–H and O–H groups in total. The molecule has 0 bridgehead atoms. The second-order valence-corrected chi connectivity index (χ2v) is 8.59. The monoisotopic (exact) mass is 517 g/mol. The number of likely N-dealkylation sites (tertiary alicyclic amines) is 1. The highest BCUT2D eigenvalue weighted by Crippen LogP contribution is 2.44. The molecule has 1 atom stereocenters. The number of aliphatic hydroxyl groups is 1. The normalized spacial score (nSPS) is 20.9. The zero-order chi connectivity index (χ0) is 23.5. The van der Waals surface area contributed by atoms with Crippen molar-refractivity contribution < 1.29 is 29.3 Å². The largest absolute Gasteiger partial charge is 0.507 e. The van der Waals surface area contributed by atoms with Gasteiger partial charge in [-0.1, -0.05) is 0 Å². The van der Waals surface area contributed by atoms with E-state index in [0.29, 0.717) is 35.4 Å². The predicted molar refractivity (Wildman–Crippen MR) is 123 cm³/mol. The molecule has 0 aliphatic carbocycles. The van der Waals surface area contributed by atoms with Crippen LogP contribution in [0.15, 0.2) is 46.7 Å². The number of halogens is 1. The summed E-state index contributed by atoms with van der Waals surface area (Å²) >= 11 is 3.31. The lowest BCUT2D eigenvalue weighted by Gasteiger charge is -2.31. The molecule has 9 nitrogen and oxygen atoms in total. The second kappa shape index (κ2) is 9.90. The van der Waals surface area contributed by atoms with E-state index in [4.69, 9.17) is 9.47 Å². The number of phenols is 1. The number of hydrogen-bond acceptors (Lipinski definition) is 8. The number of methoxy groups -OCH3 is 1. The van der Waals surface area contributed by atoms with E-state index in [1.165, 1.54) is 24.4 Å². The van der Waals surface area contributed by atoms with Gasteiger partial charge in [-0.2, -0.15) is 0 Å². The molecule has 2 fully saturated rings. The van der Waals surface area contributed by atoms with Gasteiger partial charge in [0.05, 0.1) is 36.4 Å². The molecular weight excluding hydrogens is 494 g/mol. The lowest BCUT2D eigenvalue weighted by atomic mass is 9.95. The number of aromatic nitrogens is 1. The van der Waals surface area contributed by atoms with Crippen LogP contribution in [0.2, 0.25) is 0 Å². The SMILES string of the molecule is COc1cc(C2C(=C(O)c3ccncc3)C(=O)C(=O)N2CCN2CCOCC2)cc(Br)c1O. The minimum atomic E-state index is -0.856. The number of ketones is 1. The summed E-state index contributed by atoms with van der Waals surface area (Å²) in [5.74, 6) is -1.65.